The maximum atomic E-state index is 12.4. The van der Waals surface area contributed by atoms with Gasteiger partial charge in [-0.2, -0.15) is 4.98 Å². The van der Waals surface area contributed by atoms with E-state index in [0.717, 1.165) is 13.1 Å². The minimum atomic E-state index is -3.67. The molecule has 1 fully saturated rings. The highest BCUT2D eigenvalue weighted by Gasteiger charge is 2.26. The van der Waals surface area contributed by atoms with Gasteiger partial charge in [-0.05, 0) is 45.2 Å². The number of rotatable bonds is 7. The summed E-state index contributed by atoms with van der Waals surface area (Å²) in [6.07, 6.45) is 0.0534. The van der Waals surface area contributed by atoms with Crippen molar-refractivity contribution in [2.45, 2.75) is 31.7 Å². The summed E-state index contributed by atoms with van der Waals surface area (Å²) in [6.45, 7) is 6.32. The highest BCUT2D eigenvalue weighted by atomic mass is 32.2. The third kappa shape index (κ3) is 5.41. The van der Waals surface area contributed by atoms with Crippen LogP contribution in [0.2, 0.25) is 0 Å². The number of hydrogen-bond donors (Lipinski definition) is 2. The first-order valence-electron chi connectivity index (χ1n) is 8.83. The largest absolute Gasteiger partial charge is 0.491 e. The molecular weight excluding hydrogens is 370 g/mol. The van der Waals surface area contributed by atoms with E-state index in [-0.39, 0.29) is 23.8 Å². The summed E-state index contributed by atoms with van der Waals surface area (Å²) in [5.41, 5.74) is 0.446. The number of nitrogens with one attached hydrogen (secondary N) is 2. The van der Waals surface area contributed by atoms with Gasteiger partial charge in [0.15, 0.2) is 5.82 Å². The first-order chi connectivity index (χ1) is 12.8. The monoisotopic (exact) mass is 395 g/mol. The van der Waals surface area contributed by atoms with Crippen molar-refractivity contribution in [1.29, 1.82) is 0 Å². The van der Waals surface area contributed by atoms with Gasteiger partial charge in [0.1, 0.15) is 11.5 Å². The fraction of sp³-hybridized carbons (Fsp3) is 0.529. The molecule has 2 aromatic rings. The maximum Gasteiger partial charge on any atom is 0.243 e. The summed E-state index contributed by atoms with van der Waals surface area (Å²) in [5, 5.41) is 7.21. The van der Waals surface area contributed by atoms with E-state index in [4.69, 9.17) is 9.26 Å². The molecule has 0 saturated carbocycles. The van der Waals surface area contributed by atoms with Crippen molar-refractivity contribution in [3.05, 3.63) is 36.0 Å². The fourth-order valence-corrected chi connectivity index (χ4v) is 3.82. The minimum Gasteiger partial charge on any atom is -0.491 e. The lowest BCUT2D eigenvalue weighted by Gasteiger charge is -2.30. The Morgan fingerprint density at radius 3 is 2.78 bits per heavy atom. The van der Waals surface area contributed by atoms with Crippen LogP contribution >= 0.6 is 0 Å². The number of ether oxygens (including phenoxy) is 1. The molecule has 1 saturated heterocycles. The van der Waals surface area contributed by atoms with Gasteiger partial charge in [-0.1, -0.05) is 5.16 Å². The summed E-state index contributed by atoms with van der Waals surface area (Å²) in [5.74, 6) is 0.856. The minimum absolute atomic E-state index is 0.0274. The van der Waals surface area contributed by atoms with E-state index in [1.807, 2.05) is 20.9 Å². The number of anilines is 1. The van der Waals surface area contributed by atoms with Gasteiger partial charge in [0.2, 0.25) is 15.9 Å². The third-order valence-corrected chi connectivity index (χ3v) is 5.28. The Hall–Kier alpha value is -2.17. The van der Waals surface area contributed by atoms with Gasteiger partial charge in [0, 0.05) is 25.3 Å². The molecule has 1 aliphatic heterocycles. The Labute approximate surface area is 159 Å². The van der Waals surface area contributed by atoms with Crippen LogP contribution in [0, 0.1) is 0 Å². The average molecular weight is 395 g/mol. The standard InChI is InChI=1S/C17H25N5O4S/c1-12(2)25-14-6-4-13(5-7-14)21-27(23,24)11-16-19-17(20-26-16)15-10-18-8-9-22(15)3/h4-7,12,15,18,21H,8-11H2,1-3H3. The number of benzene rings is 1. The normalized spacial score (nSPS) is 18.6. The van der Waals surface area contributed by atoms with Crippen LogP contribution in [0.4, 0.5) is 5.69 Å². The van der Waals surface area contributed by atoms with Gasteiger partial charge >= 0.3 is 0 Å². The molecule has 10 heteroatoms. The lowest BCUT2D eigenvalue weighted by Crippen LogP contribution is -2.44. The zero-order valence-electron chi connectivity index (χ0n) is 15.7. The Kier molecular flexibility index (Phi) is 5.98. The number of aromatic nitrogens is 2. The molecule has 0 radical (unpaired) electrons. The number of piperazine rings is 1. The second-order valence-corrected chi connectivity index (χ2v) is 8.52. The number of sulfonamides is 1. The molecule has 1 aliphatic rings. The van der Waals surface area contributed by atoms with Gasteiger partial charge in [0.05, 0.1) is 12.1 Å². The van der Waals surface area contributed by atoms with E-state index in [1.165, 1.54) is 0 Å². The van der Waals surface area contributed by atoms with Crippen LogP contribution < -0.4 is 14.8 Å². The van der Waals surface area contributed by atoms with Crippen LogP contribution in [0.3, 0.4) is 0 Å². The predicted octanol–water partition coefficient (Wildman–Crippen LogP) is 1.37. The molecule has 27 heavy (non-hydrogen) atoms. The molecule has 2 N–H and O–H groups in total. The molecule has 3 rings (SSSR count). The number of likely N-dealkylation sites (N-methyl/N-ethyl adjacent to an activating group) is 1. The Morgan fingerprint density at radius 2 is 2.11 bits per heavy atom. The average Bonchev–Trinajstić information content (AvgIpc) is 3.03. The Bertz CT molecular complexity index is 850. The number of hydrogen-bond acceptors (Lipinski definition) is 8. The summed E-state index contributed by atoms with van der Waals surface area (Å²) in [7, 11) is -1.69. The first-order valence-corrected chi connectivity index (χ1v) is 10.5. The maximum absolute atomic E-state index is 12.4. The number of nitrogens with zero attached hydrogens (tertiary/aromatic N) is 3. The van der Waals surface area contributed by atoms with Crippen molar-refractivity contribution in [3.63, 3.8) is 0 Å². The van der Waals surface area contributed by atoms with Crippen LogP contribution in [0.25, 0.3) is 0 Å². The van der Waals surface area contributed by atoms with E-state index >= 15 is 0 Å². The lowest BCUT2D eigenvalue weighted by atomic mass is 10.2. The molecule has 0 spiro atoms. The van der Waals surface area contributed by atoms with Crippen LogP contribution in [0.5, 0.6) is 5.75 Å². The van der Waals surface area contributed by atoms with Crippen LogP contribution in [-0.2, 0) is 15.8 Å². The highest BCUT2D eigenvalue weighted by Crippen LogP contribution is 2.20. The fourth-order valence-electron chi connectivity index (χ4n) is 2.81. The predicted molar refractivity (Wildman–Crippen MR) is 101 cm³/mol. The molecule has 1 unspecified atom stereocenters. The van der Waals surface area contributed by atoms with E-state index in [2.05, 4.69) is 25.1 Å². The van der Waals surface area contributed by atoms with Gasteiger partial charge in [-0.15, -0.1) is 0 Å². The van der Waals surface area contributed by atoms with Crippen molar-refractivity contribution in [2.75, 3.05) is 31.4 Å². The Balaban J connectivity index is 1.63. The molecular formula is C17H25N5O4S. The molecule has 9 nitrogen and oxygen atoms in total. The van der Waals surface area contributed by atoms with Crippen molar-refractivity contribution >= 4 is 15.7 Å². The van der Waals surface area contributed by atoms with Gasteiger partial charge in [-0.3, -0.25) is 9.62 Å². The van der Waals surface area contributed by atoms with Crippen LogP contribution in [-0.4, -0.2) is 56.2 Å². The molecule has 1 aromatic heterocycles. The molecule has 0 bridgehead atoms. The van der Waals surface area contributed by atoms with Crippen molar-refractivity contribution in [1.82, 2.24) is 20.4 Å². The topological polar surface area (TPSA) is 110 Å². The quantitative estimate of drug-likeness (QED) is 0.723. The van der Waals surface area contributed by atoms with Gasteiger partial charge < -0.3 is 14.6 Å². The highest BCUT2D eigenvalue weighted by molar-refractivity contribution is 7.91. The first kappa shape index (κ1) is 19.6. The van der Waals surface area contributed by atoms with Crippen molar-refractivity contribution in [3.8, 4) is 5.75 Å². The molecule has 1 atom stereocenters. The Morgan fingerprint density at radius 1 is 1.37 bits per heavy atom. The van der Waals surface area contributed by atoms with E-state index < -0.39 is 10.0 Å². The third-order valence-electron chi connectivity index (χ3n) is 4.11. The summed E-state index contributed by atoms with van der Waals surface area (Å²) in [6, 6.07) is 6.71. The molecule has 0 aliphatic carbocycles. The molecule has 0 amide bonds. The molecule has 148 valence electrons. The lowest BCUT2D eigenvalue weighted by molar-refractivity contribution is 0.190. The SMILES string of the molecule is CC(C)Oc1ccc(NS(=O)(=O)Cc2nc(C3CNCCN3C)no2)cc1. The van der Waals surface area contributed by atoms with Gasteiger partial charge in [0.25, 0.3) is 0 Å². The summed E-state index contributed by atoms with van der Waals surface area (Å²) >= 11 is 0. The van der Waals surface area contributed by atoms with E-state index in [1.54, 1.807) is 24.3 Å². The van der Waals surface area contributed by atoms with Crippen molar-refractivity contribution in [2.24, 2.45) is 0 Å². The second-order valence-electron chi connectivity index (χ2n) is 6.80. The molecule has 2 heterocycles. The second kappa shape index (κ2) is 8.24. The zero-order valence-corrected chi connectivity index (χ0v) is 16.5. The van der Waals surface area contributed by atoms with Crippen LogP contribution in [0.15, 0.2) is 28.8 Å². The van der Waals surface area contributed by atoms with E-state index in [9.17, 15) is 8.42 Å². The van der Waals surface area contributed by atoms with E-state index in [0.29, 0.717) is 23.8 Å². The smallest absolute Gasteiger partial charge is 0.243 e. The van der Waals surface area contributed by atoms with Gasteiger partial charge in [-0.25, -0.2) is 8.42 Å². The van der Waals surface area contributed by atoms with Crippen molar-refractivity contribution < 1.29 is 17.7 Å². The molecule has 1 aromatic carbocycles. The van der Waals surface area contributed by atoms with Crippen LogP contribution in [0.1, 0.15) is 31.6 Å². The summed E-state index contributed by atoms with van der Waals surface area (Å²) < 4.78 is 38.0. The zero-order chi connectivity index (χ0) is 19.4. The summed E-state index contributed by atoms with van der Waals surface area (Å²) in [4.78, 5) is 6.37.